The van der Waals surface area contributed by atoms with Gasteiger partial charge in [0, 0.05) is 15.7 Å². The minimum Gasteiger partial charge on any atom is -0.480 e. The Balaban J connectivity index is 1.17. The lowest BCUT2D eigenvalue weighted by Gasteiger charge is -2.41. The second-order valence-electron chi connectivity index (χ2n) is 10.3. The van der Waals surface area contributed by atoms with E-state index in [0.717, 1.165) is 9.26 Å². The zero-order valence-corrected chi connectivity index (χ0v) is 24.4. The molecule has 1 atom stereocenters. The number of anilines is 1. The molecule has 0 aromatic heterocycles. The predicted molar refractivity (Wildman–Crippen MR) is 160 cm³/mol. The van der Waals surface area contributed by atoms with Crippen molar-refractivity contribution in [3.05, 3.63) is 93.6 Å². The van der Waals surface area contributed by atoms with Gasteiger partial charge in [-0.25, -0.2) is 4.79 Å². The Morgan fingerprint density at radius 3 is 2.32 bits per heavy atom. The molecule has 1 spiro atoms. The van der Waals surface area contributed by atoms with Crippen molar-refractivity contribution in [2.45, 2.75) is 43.7 Å². The molecule has 2 amide bonds. The number of ether oxygens (including phenoxy) is 1. The van der Waals surface area contributed by atoms with Crippen molar-refractivity contribution in [1.29, 1.82) is 0 Å². The van der Waals surface area contributed by atoms with Crippen LogP contribution in [0.2, 0.25) is 0 Å². The summed E-state index contributed by atoms with van der Waals surface area (Å²) in [4.78, 5) is 52.4. The maximum absolute atomic E-state index is 13.0. The Morgan fingerprint density at radius 2 is 1.66 bits per heavy atom. The van der Waals surface area contributed by atoms with Gasteiger partial charge < -0.3 is 25.4 Å². The molecule has 2 aliphatic rings. The van der Waals surface area contributed by atoms with Gasteiger partial charge in [-0.2, -0.15) is 0 Å². The van der Waals surface area contributed by atoms with Crippen molar-refractivity contribution in [2.75, 3.05) is 11.6 Å². The third kappa shape index (κ3) is 6.22. The summed E-state index contributed by atoms with van der Waals surface area (Å²) < 4.78 is 6.37. The summed E-state index contributed by atoms with van der Waals surface area (Å²) in [6.45, 7) is 0.447. The van der Waals surface area contributed by atoms with Crippen molar-refractivity contribution < 1.29 is 29.0 Å². The highest BCUT2D eigenvalue weighted by Crippen LogP contribution is 2.41. The van der Waals surface area contributed by atoms with E-state index >= 15 is 0 Å². The largest absolute Gasteiger partial charge is 0.480 e. The fraction of sp³-hybridized carbons (Fsp3) is 0.290. The Kier molecular flexibility index (Phi) is 8.57. The highest BCUT2D eigenvalue weighted by molar-refractivity contribution is 14.1. The molecule has 5 rings (SSSR count). The van der Waals surface area contributed by atoms with Gasteiger partial charge in [0.2, 0.25) is 5.91 Å². The fourth-order valence-corrected chi connectivity index (χ4v) is 6.21. The normalized spacial score (nSPS) is 20.8. The van der Waals surface area contributed by atoms with Crippen LogP contribution >= 0.6 is 22.6 Å². The van der Waals surface area contributed by atoms with Gasteiger partial charge in [-0.1, -0.05) is 42.5 Å². The molecule has 41 heavy (non-hydrogen) atoms. The monoisotopic (exact) mass is 667 g/mol. The standard InChI is InChI=1S/C31H30IN3O6/c32-25-9-5-4-8-24(25)27(36)34-26(28(37)38)18-20-10-12-23(13-11-20)41-29(39)21-14-16-31(17-15-21)30(40)33-19-35(31)22-6-2-1-3-7-22/h1-13,21,26H,14-19H2,(H,33,40)(H,34,36)(H,37,38)/t21?,26-,31?/m0/s1. The van der Waals surface area contributed by atoms with Crippen LogP contribution in [0.3, 0.4) is 0 Å². The van der Waals surface area contributed by atoms with E-state index in [4.69, 9.17) is 4.74 Å². The van der Waals surface area contributed by atoms with Crippen LogP contribution in [0.25, 0.3) is 0 Å². The molecule has 1 aliphatic carbocycles. The van der Waals surface area contributed by atoms with Crippen molar-refractivity contribution in [3.8, 4) is 5.75 Å². The average molecular weight is 668 g/mol. The fourth-order valence-electron chi connectivity index (χ4n) is 5.57. The van der Waals surface area contributed by atoms with Gasteiger partial charge in [-0.15, -0.1) is 0 Å². The number of carboxylic acid groups (broad SMARTS) is 1. The molecular weight excluding hydrogens is 637 g/mol. The molecule has 3 aromatic carbocycles. The van der Waals surface area contributed by atoms with E-state index in [0.29, 0.717) is 49.2 Å². The molecule has 9 nitrogen and oxygen atoms in total. The number of carboxylic acids is 1. The average Bonchev–Trinajstić information content (AvgIpc) is 3.29. The number of amides is 2. The Hall–Kier alpha value is -3.93. The highest BCUT2D eigenvalue weighted by atomic mass is 127. The van der Waals surface area contributed by atoms with Crippen molar-refractivity contribution in [3.63, 3.8) is 0 Å². The molecule has 3 N–H and O–H groups in total. The molecule has 1 saturated heterocycles. The number of halogens is 1. The molecule has 1 saturated carbocycles. The van der Waals surface area contributed by atoms with E-state index in [1.54, 1.807) is 48.5 Å². The van der Waals surface area contributed by atoms with Crippen LogP contribution in [0, 0.1) is 9.49 Å². The Labute approximate surface area is 251 Å². The molecule has 10 heteroatoms. The molecule has 0 radical (unpaired) electrons. The van der Waals surface area contributed by atoms with Gasteiger partial charge in [-0.05, 0) is 90.2 Å². The first kappa shape index (κ1) is 28.6. The number of para-hydroxylation sites is 1. The predicted octanol–water partition coefficient (Wildman–Crippen LogP) is 4.15. The lowest BCUT2D eigenvalue weighted by atomic mass is 9.75. The van der Waals surface area contributed by atoms with Crippen LogP contribution < -0.4 is 20.3 Å². The third-order valence-corrected chi connectivity index (χ3v) is 8.80. The number of carbonyl (C=O) groups is 4. The van der Waals surface area contributed by atoms with E-state index in [1.165, 1.54) is 0 Å². The first-order valence-electron chi connectivity index (χ1n) is 13.5. The molecular formula is C31H30IN3O6. The summed E-state index contributed by atoms with van der Waals surface area (Å²) in [6.07, 6.45) is 2.25. The maximum atomic E-state index is 13.0. The number of benzene rings is 3. The Bertz CT molecular complexity index is 1440. The lowest BCUT2D eigenvalue weighted by molar-refractivity contribution is -0.141. The van der Waals surface area contributed by atoms with Crippen LogP contribution in [0.1, 0.15) is 41.6 Å². The van der Waals surface area contributed by atoms with E-state index < -0.39 is 23.5 Å². The molecule has 0 bridgehead atoms. The number of rotatable bonds is 8. The molecule has 1 aliphatic heterocycles. The van der Waals surface area contributed by atoms with E-state index in [9.17, 15) is 24.3 Å². The summed E-state index contributed by atoms with van der Waals surface area (Å²) in [5, 5.41) is 15.2. The molecule has 3 aromatic rings. The highest BCUT2D eigenvalue weighted by Gasteiger charge is 2.51. The SMILES string of the molecule is O=C(N[C@@H](Cc1ccc(OC(=O)C2CCC3(CC2)C(=O)NCN3c2ccccc2)cc1)C(=O)O)c1ccccc1I. The molecule has 2 fully saturated rings. The van der Waals surface area contributed by atoms with Crippen LogP contribution in [0.15, 0.2) is 78.9 Å². The molecule has 1 heterocycles. The number of carbonyl (C=O) groups excluding carboxylic acids is 3. The van der Waals surface area contributed by atoms with Gasteiger partial charge in [0.1, 0.15) is 17.3 Å². The quantitative estimate of drug-likeness (QED) is 0.187. The number of nitrogens with zero attached hydrogens (tertiary/aromatic N) is 1. The van der Waals surface area contributed by atoms with E-state index in [2.05, 4.69) is 15.5 Å². The Morgan fingerprint density at radius 1 is 1.00 bits per heavy atom. The van der Waals surface area contributed by atoms with Gasteiger partial charge >= 0.3 is 11.9 Å². The number of nitrogens with one attached hydrogen (secondary N) is 2. The first-order chi connectivity index (χ1) is 19.8. The topological polar surface area (TPSA) is 125 Å². The number of hydrogen-bond acceptors (Lipinski definition) is 6. The van der Waals surface area contributed by atoms with Gasteiger partial charge in [0.15, 0.2) is 0 Å². The van der Waals surface area contributed by atoms with Crippen LogP contribution in [-0.2, 0) is 20.8 Å². The van der Waals surface area contributed by atoms with E-state index in [-0.39, 0.29) is 24.2 Å². The van der Waals surface area contributed by atoms with Crippen molar-refractivity contribution in [2.24, 2.45) is 5.92 Å². The molecule has 212 valence electrons. The van der Waals surface area contributed by atoms with Gasteiger partial charge in [0.25, 0.3) is 5.91 Å². The lowest BCUT2D eigenvalue weighted by Crippen LogP contribution is -2.52. The number of hydrogen-bond donors (Lipinski definition) is 3. The van der Waals surface area contributed by atoms with Crippen LogP contribution in [0.5, 0.6) is 5.75 Å². The molecule has 0 unspecified atom stereocenters. The van der Waals surface area contributed by atoms with Gasteiger partial charge in [-0.3, -0.25) is 14.4 Å². The van der Waals surface area contributed by atoms with Crippen molar-refractivity contribution >= 4 is 52.0 Å². The third-order valence-electron chi connectivity index (χ3n) is 7.85. The first-order valence-corrected chi connectivity index (χ1v) is 14.5. The number of aliphatic carboxylic acids is 1. The van der Waals surface area contributed by atoms with Gasteiger partial charge in [0.05, 0.1) is 18.2 Å². The second-order valence-corrected chi connectivity index (χ2v) is 11.5. The van der Waals surface area contributed by atoms with Crippen LogP contribution in [-0.4, -0.2) is 47.1 Å². The summed E-state index contributed by atoms with van der Waals surface area (Å²) in [5.74, 6) is -1.90. The number of esters is 1. The smallest absolute Gasteiger partial charge is 0.326 e. The zero-order chi connectivity index (χ0) is 29.0. The maximum Gasteiger partial charge on any atom is 0.326 e. The summed E-state index contributed by atoms with van der Waals surface area (Å²) in [7, 11) is 0. The van der Waals surface area contributed by atoms with E-state index in [1.807, 2.05) is 52.9 Å². The summed E-state index contributed by atoms with van der Waals surface area (Å²) in [6, 6.07) is 22.3. The second kappa shape index (κ2) is 12.3. The minimum absolute atomic E-state index is 0.00174. The summed E-state index contributed by atoms with van der Waals surface area (Å²) >= 11 is 2.03. The van der Waals surface area contributed by atoms with Crippen molar-refractivity contribution in [1.82, 2.24) is 10.6 Å². The van der Waals surface area contributed by atoms with Crippen LogP contribution in [0.4, 0.5) is 5.69 Å². The zero-order valence-electron chi connectivity index (χ0n) is 22.2. The summed E-state index contributed by atoms with van der Waals surface area (Å²) in [5.41, 5.74) is 1.41. The minimum atomic E-state index is -1.14.